The monoisotopic (exact) mass is 251 g/mol. The number of benzene rings is 2. The second-order valence-corrected chi connectivity index (χ2v) is 4.92. The molecule has 1 aliphatic carbocycles. The maximum Gasteiger partial charge on any atom is 0.220 e. The van der Waals surface area contributed by atoms with Crippen molar-refractivity contribution in [1.82, 2.24) is 5.32 Å². The van der Waals surface area contributed by atoms with Gasteiger partial charge in [0.15, 0.2) is 0 Å². The molecule has 0 saturated carbocycles. The molecule has 0 saturated heterocycles. The summed E-state index contributed by atoms with van der Waals surface area (Å²) in [5.74, 6) is 0.110. The lowest BCUT2D eigenvalue weighted by Crippen LogP contribution is -2.31. The van der Waals surface area contributed by atoms with Gasteiger partial charge in [-0.15, -0.1) is 0 Å². The molecule has 2 nitrogen and oxygen atoms in total. The highest BCUT2D eigenvalue weighted by molar-refractivity contribution is 5.79. The zero-order valence-corrected chi connectivity index (χ0v) is 11.0. The number of fused-ring (bicyclic) bond motifs is 3. The molecule has 96 valence electrons. The molecule has 1 aliphatic rings. The molecule has 0 spiro atoms. The first-order chi connectivity index (χ1) is 9.29. The lowest BCUT2D eigenvalue weighted by Gasteiger charge is -2.28. The van der Waals surface area contributed by atoms with Gasteiger partial charge in [-0.25, -0.2) is 0 Å². The summed E-state index contributed by atoms with van der Waals surface area (Å²) in [6.07, 6.45) is 1.40. The van der Waals surface area contributed by atoms with Crippen LogP contribution in [-0.2, 0) is 11.2 Å². The van der Waals surface area contributed by atoms with Gasteiger partial charge in [-0.1, -0.05) is 55.5 Å². The third-order valence-corrected chi connectivity index (χ3v) is 3.72. The highest BCUT2D eigenvalue weighted by Crippen LogP contribution is 2.38. The minimum atomic E-state index is 0.0959. The third kappa shape index (κ3) is 2.14. The maximum atomic E-state index is 11.7. The van der Waals surface area contributed by atoms with E-state index in [0.717, 1.165) is 6.42 Å². The van der Waals surface area contributed by atoms with E-state index in [0.29, 0.717) is 6.42 Å². The number of nitrogens with one attached hydrogen (secondary N) is 1. The van der Waals surface area contributed by atoms with E-state index in [9.17, 15) is 4.79 Å². The van der Waals surface area contributed by atoms with Gasteiger partial charge < -0.3 is 5.32 Å². The average Bonchev–Trinajstić information content (AvgIpc) is 2.47. The van der Waals surface area contributed by atoms with Gasteiger partial charge in [0.2, 0.25) is 5.91 Å². The molecule has 0 aliphatic heterocycles. The van der Waals surface area contributed by atoms with Crippen molar-refractivity contribution < 1.29 is 4.79 Å². The second kappa shape index (κ2) is 4.88. The molecule has 2 heteroatoms. The van der Waals surface area contributed by atoms with Crippen LogP contribution in [0.25, 0.3) is 11.1 Å². The fraction of sp³-hybridized carbons (Fsp3) is 0.235. The number of amides is 1. The first-order valence-corrected chi connectivity index (χ1v) is 6.76. The molecule has 19 heavy (non-hydrogen) atoms. The first kappa shape index (κ1) is 12.0. The van der Waals surface area contributed by atoms with Crippen molar-refractivity contribution in [2.75, 3.05) is 0 Å². The van der Waals surface area contributed by atoms with Crippen LogP contribution in [0.2, 0.25) is 0 Å². The molecular formula is C17H17NO. The first-order valence-electron chi connectivity index (χ1n) is 6.76. The molecule has 2 aromatic rings. The van der Waals surface area contributed by atoms with E-state index in [-0.39, 0.29) is 11.9 Å². The van der Waals surface area contributed by atoms with Crippen molar-refractivity contribution in [3.8, 4) is 11.1 Å². The van der Waals surface area contributed by atoms with Gasteiger partial charge in [0.1, 0.15) is 0 Å². The second-order valence-electron chi connectivity index (χ2n) is 4.92. The summed E-state index contributed by atoms with van der Waals surface area (Å²) in [4.78, 5) is 11.7. The molecule has 0 bridgehead atoms. The number of hydrogen-bond donors (Lipinski definition) is 1. The average molecular weight is 251 g/mol. The molecule has 1 amide bonds. The summed E-state index contributed by atoms with van der Waals surface area (Å²) in [5, 5.41) is 3.13. The zero-order chi connectivity index (χ0) is 13.2. The van der Waals surface area contributed by atoms with E-state index in [4.69, 9.17) is 0 Å². The molecule has 0 aromatic heterocycles. The minimum Gasteiger partial charge on any atom is -0.349 e. The van der Waals surface area contributed by atoms with Gasteiger partial charge in [0, 0.05) is 6.42 Å². The quantitative estimate of drug-likeness (QED) is 0.870. The topological polar surface area (TPSA) is 29.1 Å². The normalized spacial score (nSPS) is 16.4. The van der Waals surface area contributed by atoms with Gasteiger partial charge in [0.25, 0.3) is 0 Å². The molecule has 2 aromatic carbocycles. The Kier molecular flexibility index (Phi) is 3.08. The SMILES string of the molecule is CCC(=O)NC1Cc2ccccc2-c2ccccc21. The van der Waals surface area contributed by atoms with E-state index in [1.165, 1.54) is 22.3 Å². The van der Waals surface area contributed by atoms with Gasteiger partial charge >= 0.3 is 0 Å². The minimum absolute atomic E-state index is 0.0959. The Morgan fingerprint density at radius 2 is 1.79 bits per heavy atom. The van der Waals surface area contributed by atoms with Crippen molar-refractivity contribution in [3.05, 3.63) is 59.7 Å². The Hall–Kier alpha value is -2.09. The highest BCUT2D eigenvalue weighted by Gasteiger charge is 2.24. The Balaban J connectivity index is 2.06. The summed E-state index contributed by atoms with van der Waals surface area (Å²) < 4.78 is 0. The number of rotatable bonds is 2. The summed E-state index contributed by atoms with van der Waals surface area (Å²) >= 11 is 0. The van der Waals surface area contributed by atoms with Crippen LogP contribution in [0.4, 0.5) is 0 Å². The van der Waals surface area contributed by atoms with E-state index in [2.05, 4.69) is 47.8 Å². The van der Waals surface area contributed by atoms with Gasteiger partial charge in [-0.2, -0.15) is 0 Å². The highest BCUT2D eigenvalue weighted by atomic mass is 16.1. The predicted octanol–water partition coefficient (Wildman–Crippen LogP) is 3.48. The van der Waals surface area contributed by atoms with Crippen LogP contribution in [0.3, 0.4) is 0 Å². The molecular weight excluding hydrogens is 234 g/mol. The van der Waals surface area contributed by atoms with Crippen molar-refractivity contribution in [2.45, 2.75) is 25.8 Å². The zero-order valence-electron chi connectivity index (χ0n) is 11.0. The predicted molar refractivity (Wildman–Crippen MR) is 76.8 cm³/mol. The van der Waals surface area contributed by atoms with Crippen molar-refractivity contribution >= 4 is 5.91 Å². The van der Waals surface area contributed by atoms with Crippen LogP contribution >= 0.6 is 0 Å². The number of carbonyl (C=O) groups excluding carboxylic acids is 1. The van der Waals surface area contributed by atoms with E-state index in [1.54, 1.807) is 0 Å². The fourth-order valence-electron chi connectivity index (χ4n) is 2.76. The Labute approximate surface area is 113 Å². The van der Waals surface area contributed by atoms with Crippen LogP contribution in [-0.4, -0.2) is 5.91 Å². The Morgan fingerprint density at radius 3 is 2.58 bits per heavy atom. The summed E-state index contributed by atoms with van der Waals surface area (Å²) in [5.41, 5.74) is 5.07. The van der Waals surface area contributed by atoms with Gasteiger partial charge in [-0.05, 0) is 28.7 Å². The summed E-state index contributed by atoms with van der Waals surface area (Å²) in [6, 6.07) is 16.9. The number of carbonyl (C=O) groups is 1. The third-order valence-electron chi connectivity index (χ3n) is 3.72. The van der Waals surface area contributed by atoms with Crippen LogP contribution in [0.15, 0.2) is 48.5 Å². The Morgan fingerprint density at radius 1 is 1.11 bits per heavy atom. The maximum absolute atomic E-state index is 11.7. The molecule has 0 heterocycles. The van der Waals surface area contributed by atoms with E-state index < -0.39 is 0 Å². The van der Waals surface area contributed by atoms with Crippen molar-refractivity contribution in [2.24, 2.45) is 0 Å². The van der Waals surface area contributed by atoms with E-state index >= 15 is 0 Å². The fourth-order valence-corrected chi connectivity index (χ4v) is 2.76. The summed E-state index contributed by atoms with van der Waals surface area (Å²) in [6.45, 7) is 1.89. The molecule has 3 rings (SSSR count). The van der Waals surface area contributed by atoms with Crippen molar-refractivity contribution in [3.63, 3.8) is 0 Å². The number of hydrogen-bond acceptors (Lipinski definition) is 1. The van der Waals surface area contributed by atoms with Crippen LogP contribution < -0.4 is 5.32 Å². The molecule has 0 radical (unpaired) electrons. The van der Waals surface area contributed by atoms with Crippen LogP contribution in [0, 0.1) is 0 Å². The van der Waals surface area contributed by atoms with Gasteiger partial charge in [0.05, 0.1) is 6.04 Å². The lowest BCUT2D eigenvalue weighted by molar-refractivity contribution is -0.121. The molecule has 1 atom stereocenters. The molecule has 1 N–H and O–H groups in total. The van der Waals surface area contributed by atoms with Gasteiger partial charge in [-0.3, -0.25) is 4.79 Å². The molecule has 1 unspecified atom stereocenters. The Bertz CT molecular complexity index is 618. The van der Waals surface area contributed by atoms with Crippen LogP contribution in [0.1, 0.15) is 30.5 Å². The smallest absolute Gasteiger partial charge is 0.220 e. The molecule has 0 fully saturated rings. The standard InChI is InChI=1S/C17H17NO/c1-2-17(19)18-16-11-12-7-3-4-8-13(12)14-9-5-6-10-15(14)16/h3-10,16H,2,11H2,1H3,(H,18,19). The summed E-state index contributed by atoms with van der Waals surface area (Å²) in [7, 11) is 0. The van der Waals surface area contributed by atoms with E-state index in [1.807, 2.05) is 13.0 Å². The van der Waals surface area contributed by atoms with Crippen molar-refractivity contribution in [1.29, 1.82) is 0 Å². The van der Waals surface area contributed by atoms with Crippen LogP contribution in [0.5, 0.6) is 0 Å². The largest absolute Gasteiger partial charge is 0.349 e. The lowest BCUT2D eigenvalue weighted by atomic mass is 9.82.